The molecule has 0 aliphatic carbocycles. The summed E-state index contributed by atoms with van der Waals surface area (Å²) in [7, 11) is 0. The predicted octanol–water partition coefficient (Wildman–Crippen LogP) is 2.96. The van der Waals surface area contributed by atoms with Gasteiger partial charge in [-0.1, -0.05) is 6.58 Å². The van der Waals surface area contributed by atoms with Crippen molar-refractivity contribution in [2.45, 2.75) is 46.3 Å². The van der Waals surface area contributed by atoms with Crippen molar-refractivity contribution in [3.63, 3.8) is 0 Å². The van der Waals surface area contributed by atoms with Crippen molar-refractivity contribution < 1.29 is 32.9 Å². The van der Waals surface area contributed by atoms with Gasteiger partial charge in [0, 0.05) is 6.92 Å². The standard InChI is InChI=1S/C12H19FO6/c1-7(2)9(4)18-11(14)16-6-8(3)17-12(15)19-10(5)13/h8-10H,1,6H2,2-5H3. The largest absolute Gasteiger partial charge is 0.511 e. The summed E-state index contributed by atoms with van der Waals surface area (Å²) in [6.45, 7) is 9.24. The molecule has 0 aromatic carbocycles. The van der Waals surface area contributed by atoms with E-state index in [1.54, 1.807) is 13.8 Å². The average Bonchev–Trinajstić information content (AvgIpc) is 2.24. The van der Waals surface area contributed by atoms with Crippen molar-refractivity contribution in [3.8, 4) is 0 Å². The molecule has 6 nitrogen and oxygen atoms in total. The van der Waals surface area contributed by atoms with Crippen LogP contribution < -0.4 is 0 Å². The SMILES string of the molecule is C=C(C)C(C)OC(=O)OCC(C)OC(=O)OC(C)F. The van der Waals surface area contributed by atoms with Crippen molar-refractivity contribution in [1.82, 2.24) is 0 Å². The van der Waals surface area contributed by atoms with Gasteiger partial charge in [-0.3, -0.25) is 0 Å². The average molecular weight is 278 g/mol. The molecule has 0 amide bonds. The van der Waals surface area contributed by atoms with E-state index >= 15 is 0 Å². The van der Waals surface area contributed by atoms with Gasteiger partial charge in [0.05, 0.1) is 0 Å². The van der Waals surface area contributed by atoms with E-state index in [2.05, 4.69) is 16.1 Å². The summed E-state index contributed by atoms with van der Waals surface area (Å²) in [5.41, 5.74) is 0.668. The van der Waals surface area contributed by atoms with Gasteiger partial charge in [-0.2, -0.15) is 0 Å². The van der Waals surface area contributed by atoms with E-state index in [4.69, 9.17) is 9.47 Å². The number of hydrogen-bond donors (Lipinski definition) is 0. The fraction of sp³-hybridized carbons (Fsp3) is 0.667. The second kappa shape index (κ2) is 8.34. The van der Waals surface area contributed by atoms with Crippen molar-refractivity contribution in [2.75, 3.05) is 6.61 Å². The smallest absolute Gasteiger partial charge is 0.430 e. The van der Waals surface area contributed by atoms with Crippen LogP contribution in [0.4, 0.5) is 14.0 Å². The maximum Gasteiger partial charge on any atom is 0.511 e. The molecule has 0 saturated heterocycles. The lowest BCUT2D eigenvalue weighted by Gasteiger charge is -2.16. The molecule has 0 heterocycles. The summed E-state index contributed by atoms with van der Waals surface area (Å²) in [6, 6.07) is 0. The van der Waals surface area contributed by atoms with Crippen LogP contribution in [0.5, 0.6) is 0 Å². The van der Waals surface area contributed by atoms with Gasteiger partial charge in [0.15, 0.2) is 0 Å². The van der Waals surface area contributed by atoms with Crippen LogP contribution >= 0.6 is 0 Å². The van der Waals surface area contributed by atoms with Crippen molar-refractivity contribution in [3.05, 3.63) is 12.2 Å². The molecule has 0 fully saturated rings. The number of ether oxygens (including phenoxy) is 4. The lowest BCUT2D eigenvalue weighted by Crippen LogP contribution is -2.25. The van der Waals surface area contributed by atoms with E-state index in [0.717, 1.165) is 6.92 Å². The van der Waals surface area contributed by atoms with Gasteiger partial charge in [0.1, 0.15) is 18.8 Å². The third-order valence-corrected chi connectivity index (χ3v) is 1.96. The highest BCUT2D eigenvalue weighted by Crippen LogP contribution is 2.05. The van der Waals surface area contributed by atoms with E-state index in [-0.39, 0.29) is 6.61 Å². The van der Waals surface area contributed by atoms with Gasteiger partial charge in [-0.15, -0.1) is 0 Å². The first kappa shape index (κ1) is 17.2. The molecule has 0 aliphatic rings. The van der Waals surface area contributed by atoms with Gasteiger partial charge in [0.25, 0.3) is 0 Å². The first-order valence-corrected chi connectivity index (χ1v) is 5.72. The normalized spacial score (nSPS) is 14.8. The van der Waals surface area contributed by atoms with E-state index in [1.807, 2.05) is 0 Å². The molecule has 7 heteroatoms. The summed E-state index contributed by atoms with van der Waals surface area (Å²) in [6.07, 6.45) is -5.09. The Labute approximate surface area is 111 Å². The number of carbonyl (C=O) groups excluding carboxylic acids is 2. The zero-order valence-corrected chi connectivity index (χ0v) is 11.5. The van der Waals surface area contributed by atoms with Crippen LogP contribution in [0.25, 0.3) is 0 Å². The molecule has 3 atom stereocenters. The Hall–Kier alpha value is -1.79. The molecule has 3 unspecified atom stereocenters. The molecule has 0 aliphatic heterocycles. The lowest BCUT2D eigenvalue weighted by molar-refractivity contribution is -0.0500. The molecule has 0 bridgehead atoms. The van der Waals surface area contributed by atoms with Crippen LogP contribution in [0.1, 0.15) is 27.7 Å². The zero-order chi connectivity index (χ0) is 15.0. The Morgan fingerprint density at radius 1 is 1.11 bits per heavy atom. The van der Waals surface area contributed by atoms with Crippen molar-refractivity contribution >= 4 is 12.3 Å². The summed E-state index contributed by atoms with van der Waals surface area (Å²) >= 11 is 0. The van der Waals surface area contributed by atoms with Gasteiger partial charge in [-0.25, -0.2) is 14.0 Å². The molecule has 19 heavy (non-hydrogen) atoms. The zero-order valence-electron chi connectivity index (χ0n) is 11.5. The molecular weight excluding hydrogens is 259 g/mol. The number of carbonyl (C=O) groups is 2. The van der Waals surface area contributed by atoms with Crippen molar-refractivity contribution in [1.29, 1.82) is 0 Å². The maximum atomic E-state index is 12.3. The third kappa shape index (κ3) is 8.87. The van der Waals surface area contributed by atoms with Crippen LogP contribution in [0.2, 0.25) is 0 Å². The maximum absolute atomic E-state index is 12.3. The minimum atomic E-state index is -1.76. The molecule has 0 rings (SSSR count). The quantitative estimate of drug-likeness (QED) is 0.549. The van der Waals surface area contributed by atoms with Crippen molar-refractivity contribution in [2.24, 2.45) is 0 Å². The number of halogens is 1. The summed E-state index contributed by atoms with van der Waals surface area (Å²) < 4.78 is 30.6. The highest BCUT2D eigenvalue weighted by atomic mass is 19.1. The Morgan fingerprint density at radius 2 is 1.68 bits per heavy atom. The molecule has 0 aromatic heterocycles. The second-order valence-corrected chi connectivity index (χ2v) is 4.01. The van der Waals surface area contributed by atoms with E-state index in [1.165, 1.54) is 6.92 Å². The topological polar surface area (TPSA) is 71.1 Å². The minimum Gasteiger partial charge on any atom is -0.430 e. The summed E-state index contributed by atoms with van der Waals surface area (Å²) in [4.78, 5) is 22.1. The summed E-state index contributed by atoms with van der Waals surface area (Å²) in [5, 5.41) is 0. The molecule has 0 spiro atoms. The molecule has 0 aromatic rings. The molecule has 0 N–H and O–H groups in total. The van der Waals surface area contributed by atoms with Crippen LogP contribution in [0, 0.1) is 0 Å². The van der Waals surface area contributed by atoms with Crippen LogP contribution in [-0.2, 0) is 18.9 Å². The van der Waals surface area contributed by atoms with E-state index in [9.17, 15) is 14.0 Å². The lowest BCUT2D eigenvalue weighted by atomic mass is 10.2. The van der Waals surface area contributed by atoms with Gasteiger partial charge in [0.2, 0.25) is 6.36 Å². The molecule has 0 radical (unpaired) electrons. The third-order valence-electron chi connectivity index (χ3n) is 1.96. The van der Waals surface area contributed by atoms with Crippen LogP contribution in [-0.4, -0.2) is 37.5 Å². The number of alkyl halides is 1. The Bertz CT molecular complexity index is 328. The summed E-state index contributed by atoms with van der Waals surface area (Å²) in [5.74, 6) is 0. The molecule has 110 valence electrons. The van der Waals surface area contributed by atoms with E-state index in [0.29, 0.717) is 5.57 Å². The first-order valence-electron chi connectivity index (χ1n) is 5.72. The molecule has 0 saturated carbocycles. The van der Waals surface area contributed by atoms with Crippen LogP contribution in [0.3, 0.4) is 0 Å². The second-order valence-electron chi connectivity index (χ2n) is 4.01. The Balaban J connectivity index is 3.90. The fourth-order valence-electron chi connectivity index (χ4n) is 0.823. The van der Waals surface area contributed by atoms with Gasteiger partial charge < -0.3 is 18.9 Å². The minimum absolute atomic E-state index is 0.225. The first-order chi connectivity index (χ1) is 8.72. The molecular formula is C12H19FO6. The Kier molecular flexibility index (Phi) is 7.55. The highest BCUT2D eigenvalue weighted by Gasteiger charge is 2.17. The van der Waals surface area contributed by atoms with E-state index < -0.39 is 30.9 Å². The van der Waals surface area contributed by atoms with Gasteiger partial charge >= 0.3 is 12.3 Å². The number of rotatable bonds is 6. The fourth-order valence-corrected chi connectivity index (χ4v) is 0.823. The van der Waals surface area contributed by atoms with Gasteiger partial charge in [-0.05, 0) is 26.3 Å². The predicted molar refractivity (Wildman–Crippen MR) is 64.3 cm³/mol. The highest BCUT2D eigenvalue weighted by molar-refractivity contribution is 5.61. The Morgan fingerprint density at radius 3 is 2.16 bits per heavy atom. The number of hydrogen-bond acceptors (Lipinski definition) is 6. The monoisotopic (exact) mass is 278 g/mol. The van der Waals surface area contributed by atoms with Crippen LogP contribution in [0.15, 0.2) is 12.2 Å².